The van der Waals surface area contributed by atoms with E-state index in [1.165, 1.54) is 19.2 Å². The van der Waals surface area contributed by atoms with Crippen molar-refractivity contribution < 1.29 is 17.9 Å². The molecule has 0 saturated carbocycles. The molecule has 2 aromatic carbocycles. The van der Waals surface area contributed by atoms with E-state index in [9.17, 15) is 8.42 Å². The molecule has 0 aromatic heterocycles. The van der Waals surface area contributed by atoms with Crippen molar-refractivity contribution in [3.63, 3.8) is 0 Å². The van der Waals surface area contributed by atoms with Crippen LogP contribution in [0.1, 0.15) is 5.56 Å². The third kappa shape index (κ3) is 3.91. The number of benzene rings is 2. The first-order valence-electron chi connectivity index (χ1n) is 6.42. The maximum atomic E-state index is 12.2. The van der Waals surface area contributed by atoms with Crippen LogP contribution < -0.4 is 14.2 Å². The SMILES string of the molecule is COc1ccc(CNS(=O)(=O)c2cccc(Cl)c2)c(OC)c1. The van der Waals surface area contributed by atoms with Crippen LogP contribution in [0.4, 0.5) is 0 Å². The first-order valence-corrected chi connectivity index (χ1v) is 8.28. The van der Waals surface area contributed by atoms with Gasteiger partial charge in [-0.3, -0.25) is 0 Å². The number of hydrogen-bond acceptors (Lipinski definition) is 4. The van der Waals surface area contributed by atoms with Gasteiger partial charge >= 0.3 is 0 Å². The highest BCUT2D eigenvalue weighted by atomic mass is 35.5. The van der Waals surface area contributed by atoms with Gasteiger partial charge in [0.2, 0.25) is 10.0 Å². The second kappa shape index (κ2) is 7.00. The van der Waals surface area contributed by atoms with Gasteiger partial charge in [-0.2, -0.15) is 0 Å². The Kier molecular flexibility index (Phi) is 5.28. The van der Waals surface area contributed by atoms with Gasteiger partial charge in [0.25, 0.3) is 0 Å². The van der Waals surface area contributed by atoms with E-state index in [-0.39, 0.29) is 11.4 Å². The molecule has 0 amide bonds. The summed E-state index contributed by atoms with van der Waals surface area (Å²) in [7, 11) is -0.573. The molecular weight excluding hydrogens is 326 g/mol. The summed E-state index contributed by atoms with van der Waals surface area (Å²) in [6.45, 7) is 0.0992. The molecule has 2 aromatic rings. The van der Waals surface area contributed by atoms with E-state index < -0.39 is 10.0 Å². The van der Waals surface area contributed by atoms with E-state index in [1.54, 1.807) is 37.4 Å². The highest BCUT2D eigenvalue weighted by Crippen LogP contribution is 2.25. The van der Waals surface area contributed by atoms with Crippen LogP contribution in [-0.4, -0.2) is 22.6 Å². The molecule has 0 saturated heterocycles. The Morgan fingerprint density at radius 2 is 1.86 bits per heavy atom. The van der Waals surface area contributed by atoms with Gasteiger partial charge in [0.15, 0.2) is 0 Å². The molecule has 2 rings (SSSR count). The van der Waals surface area contributed by atoms with Gasteiger partial charge in [0.1, 0.15) is 11.5 Å². The lowest BCUT2D eigenvalue weighted by Gasteiger charge is -2.12. The molecular formula is C15H16ClNO4S. The normalized spacial score (nSPS) is 11.2. The summed E-state index contributed by atoms with van der Waals surface area (Å²) >= 11 is 5.82. The van der Waals surface area contributed by atoms with Crippen LogP contribution in [0.5, 0.6) is 11.5 Å². The van der Waals surface area contributed by atoms with Crippen LogP contribution in [0.3, 0.4) is 0 Å². The quantitative estimate of drug-likeness (QED) is 0.877. The third-order valence-corrected chi connectivity index (χ3v) is 4.69. The fourth-order valence-electron chi connectivity index (χ4n) is 1.89. The molecule has 0 aliphatic carbocycles. The largest absolute Gasteiger partial charge is 0.497 e. The highest BCUT2D eigenvalue weighted by molar-refractivity contribution is 7.89. The standard InChI is InChI=1S/C15H16ClNO4S/c1-20-13-7-6-11(15(9-13)21-2)10-17-22(18,19)14-5-3-4-12(16)8-14/h3-9,17H,10H2,1-2H3. The van der Waals surface area contributed by atoms with E-state index in [0.717, 1.165) is 0 Å². The van der Waals surface area contributed by atoms with Gasteiger partial charge in [-0.15, -0.1) is 0 Å². The van der Waals surface area contributed by atoms with Crippen molar-refractivity contribution in [2.75, 3.05) is 14.2 Å². The Labute approximate surface area is 134 Å². The van der Waals surface area contributed by atoms with Crippen molar-refractivity contribution in [3.05, 3.63) is 53.1 Å². The van der Waals surface area contributed by atoms with Crippen LogP contribution in [0.2, 0.25) is 5.02 Å². The molecule has 0 aliphatic rings. The summed E-state index contributed by atoms with van der Waals surface area (Å²) in [5.41, 5.74) is 0.703. The molecule has 0 atom stereocenters. The molecule has 0 bridgehead atoms. The lowest BCUT2D eigenvalue weighted by molar-refractivity contribution is 0.390. The van der Waals surface area contributed by atoms with Gasteiger partial charge in [-0.05, 0) is 24.3 Å². The molecule has 0 unspecified atom stereocenters. The van der Waals surface area contributed by atoms with Gasteiger partial charge < -0.3 is 9.47 Å². The molecule has 118 valence electrons. The first-order chi connectivity index (χ1) is 10.5. The number of halogens is 1. The fourth-order valence-corrected chi connectivity index (χ4v) is 3.20. The minimum Gasteiger partial charge on any atom is -0.497 e. The number of ether oxygens (including phenoxy) is 2. The summed E-state index contributed by atoms with van der Waals surface area (Å²) in [4.78, 5) is 0.118. The lowest BCUT2D eigenvalue weighted by Crippen LogP contribution is -2.23. The zero-order valence-corrected chi connectivity index (χ0v) is 13.7. The molecule has 0 spiro atoms. The maximum Gasteiger partial charge on any atom is 0.240 e. The van der Waals surface area contributed by atoms with E-state index in [2.05, 4.69) is 4.72 Å². The summed E-state index contributed by atoms with van der Waals surface area (Å²) in [6, 6.07) is 11.3. The van der Waals surface area contributed by atoms with Crippen LogP contribution in [0.25, 0.3) is 0 Å². The molecule has 0 radical (unpaired) electrons. The van der Waals surface area contributed by atoms with Gasteiger partial charge in [0, 0.05) is 23.2 Å². The number of hydrogen-bond donors (Lipinski definition) is 1. The molecule has 0 heterocycles. The predicted octanol–water partition coefficient (Wildman–Crippen LogP) is 2.84. The second-order valence-corrected chi connectivity index (χ2v) is 6.66. The summed E-state index contributed by atoms with van der Waals surface area (Å²) < 4.78 is 37.4. The number of rotatable bonds is 6. The zero-order valence-electron chi connectivity index (χ0n) is 12.2. The van der Waals surface area contributed by atoms with Crippen molar-refractivity contribution in [1.82, 2.24) is 4.72 Å². The van der Waals surface area contributed by atoms with Gasteiger partial charge in [-0.25, -0.2) is 13.1 Å². The number of methoxy groups -OCH3 is 2. The first kappa shape index (κ1) is 16.6. The smallest absolute Gasteiger partial charge is 0.240 e. The van der Waals surface area contributed by atoms with Crippen molar-refractivity contribution in [1.29, 1.82) is 0 Å². The second-order valence-electron chi connectivity index (χ2n) is 4.46. The van der Waals surface area contributed by atoms with E-state index in [1.807, 2.05) is 0 Å². The Morgan fingerprint density at radius 1 is 1.09 bits per heavy atom. The Morgan fingerprint density at radius 3 is 2.50 bits per heavy atom. The molecule has 0 aliphatic heterocycles. The van der Waals surface area contributed by atoms with Crippen LogP contribution in [0.15, 0.2) is 47.4 Å². The van der Waals surface area contributed by atoms with E-state index in [4.69, 9.17) is 21.1 Å². The number of sulfonamides is 1. The van der Waals surface area contributed by atoms with Crippen molar-refractivity contribution >= 4 is 21.6 Å². The Hall–Kier alpha value is -1.76. The topological polar surface area (TPSA) is 64.6 Å². The average molecular weight is 342 g/mol. The van der Waals surface area contributed by atoms with Gasteiger partial charge in [0.05, 0.1) is 19.1 Å². The summed E-state index contributed by atoms with van der Waals surface area (Å²) in [5.74, 6) is 1.19. The molecule has 1 N–H and O–H groups in total. The van der Waals surface area contributed by atoms with E-state index >= 15 is 0 Å². The lowest BCUT2D eigenvalue weighted by atomic mass is 10.2. The molecule has 22 heavy (non-hydrogen) atoms. The average Bonchev–Trinajstić information content (AvgIpc) is 2.52. The van der Waals surface area contributed by atoms with Crippen molar-refractivity contribution in [3.8, 4) is 11.5 Å². The third-order valence-electron chi connectivity index (χ3n) is 3.05. The Bertz CT molecular complexity index is 762. The van der Waals surface area contributed by atoms with Crippen LogP contribution >= 0.6 is 11.6 Å². The maximum absolute atomic E-state index is 12.2. The van der Waals surface area contributed by atoms with Crippen LogP contribution in [-0.2, 0) is 16.6 Å². The highest BCUT2D eigenvalue weighted by Gasteiger charge is 2.15. The molecule has 0 fully saturated rings. The van der Waals surface area contributed by atoms with Crippen LogP contribution in [0, 0.1) is 0 Å². The predicted molar refractivity (Wildman–Crippen MR) is 85.0 cm³/mol. The molecule has 5 nitrogen and oxygen atoms in total. The van der Waals surface area contributed by atoms with Crippen molar-refractivity contribution in [2.24, 2.45) is 0 Å². The monoisotopic (exact) mass is 341 g/mol. The van der Waals surface area contributed by atoms with Gasteiger partial charge in [-0.1, -0.05) is 23.7 Å². The van der Waals surface area contributed by atoms with E-state index in [0.29, 0.717) is 22.1 Å². The summed E-state index contributed by atoms with van der Waals surface area (Å²) in [5, 5.41) is 0.366. The fraction of sp³-hybridized carbons (Fsp3) is 0.200. The van der Waals surface area contributed by atoms with Crippen molar-refractivity contribution in [2.45, 2.75) is 11.4 Å². The summed E-state index contributed by atoms with van der Waals surface area (Å²) in [6.07, 6.45) is 0. The zero-order chi connectivity index (χ0) is 16.2. The molecule has 7 heteroatoms. The minimum atomic E-state index is -3.64. The Balaban J connectivity index is 2.19. The minimum absolute atomic E-state index is 0.0992. The number of nitrogens with one attached hydrogen (secondary N) is 1.